The highest BCUT2D eigenvalue weighted by Gasteiger charge is 2.18. The van der Waals surface area contributed by atoms with Gasteiger partial charge in [0.2, 0.25) is 5.91 Å². The lowest BCUT2D eigenvalue weighted by molar-refractivity contribution is -0.116. The van der Waals surface area contributed by atoms with Crippen LogP contribution in [0.3, 0.4) is 0 Å². The van der Waals surface area contributed by atoms with Crippen LogP contribution in [-0.4, -0.2) is 15.0 Å². The van der Waals surface area contributed by atoms with E-state index in [0.717, 1.165) is 38.2 Å². The molecule has 0 unspecified atom stereocenters. The van der Waals surface area contributed by atoms with Crippen molar-refractivity contribution in [3.05, 3.63) is 91.9 Å². The summed E-state index contributed by atoms with van der Waals surface area (Å²) >= 11 is 1.16. The Morgan fingerprint density at radius 1 is 1.10 bits per heavy atom. The van der Waals surface area contributed by atoms with Gasteiger partial charge in [0.1, 0.15) is 22.9 Å². The molecule has 30 heavy (non-hydrogen) atoms. The van der Waals surface area contributed by atoms with Crippen LogP contribution in [0.4, 0.5) is 14.5 Å². The SMILES string of the molecule is Cc1cccc(-n2c(=O)c3sccc3n(CC(=O)Nc3ccc(F)cc3F)c2=O)c1. The molecule has 1 amide bonds. The van der Waals surface area contributed by atoms with Crippen molar-refractivity contribution in [1.29, 1.82) is 0 Å². The second kappa shape index (κ2) is 7.68. The van der Waals surface area contributed by atoms with Crippen LogP contribution in [0, 0.1) is 18.6 Å². The third-order valence-corrected chi connectivity index (χ3v) is 5.41. The average Bonchev–Trinajstić information content (AvgIpc) is 3.18. The molecule has 0 fully saturated rings. The van der Waals surface area contributed by atoms with Crippen molar-refractivity contribution >= 4 is 33.1 Å². The number of amides is 1. The van der Waals surface area contributed by atoms with Gasteiger partial charge in [0.15, 0.2) is 0 Å². The Kier molecular flexibility index (Phi) is 5.04. The summed E-state index contributed by atoms with van der Waals surface area (Å²) in [6, 6.07) is 11.2. The quantitative estimate of drug-likeness (QED) is 0.542. The number of carbonyl (C=O) groups excluding carboxylic acids is 1. The summed E-state index contributed by atoms with van der Waals surface area (Å²) in [4.78, 5) is 38.6. The van der Waals surface area contributed by atoms with Gasteiger partial charge in [-0.25, -0.2) is 18.1 Å². The minimum atomic E-state index is -0.930. The number of halogens is 2. The Morgan fingerprint density at radius 2 is 1.90 bits per heavy atom. The van der Waals surface area contributed by atoms with Gasteiger partial charge in [-0.2, -0.15) is 0 Å². The van der Waals surface area contributed by atoms with E-state index in [1.807, 2.05) is 13.0 Å². The molecule has 152 valence electrons. The Labute approximate surface area is 172 Å². The van der Waals surface area contributed by atoms with Crippen LogP contribution < -0.4 is 16.6 Å². The van der Waals surface area contributed by atoms with E-state index in [1.54, 1.807) is 29.6 Å². The number of aromatic nitrogens is 2. The molecule has 0 radical (unpaired) electrons. The average molecular weight is 427 g/mol. The van der Waals surface area contributed by atoms with Gasteiger partial charge in [-0.05, 0) is 48.2 Å². The molecule has 0 aliphatic heterocycles. The number of aryl methyl sites for hydroxylation is 1. The highest BCUT2D eigenvalue weighted by molar-refractivity contribution is 7.17. The second-order valence-electron chi connectivity index (χ2n) is 6.66. The van der Waals surface area contributed by atoms with Crippen molar-refractivity contribution in [1.82, 2.24) is 9.13 Å². The summed E-state index contributed by atoms with van der Waals surface area (Å²) in [6.45, 7) is 1.39. The van der Waals surface area contributed by atoms with Gasteiger partial charge in [-0.1, -0.05) is 12.1 Å². The molecule has 0 saturated heterocycles. The van der Waals surface area contributed by atoms with E-state index in [9.17, 15) is 23.2 Å². The van der Waals surface area contributed by atoms with Gasteiger partial charge in [-0.3, -0.25) is 14.2 Å². The van der Waals surface area contributed by atoms with Crippen molar-refractivity contribution < 1.29 is 13.6 Å². The number of rotatable bonds is 4. The number of hydrogen-bond acceptors (Lipinski definition) is 4. The zero-order valence-corrected chi connectivity index (χ0v) is 16.5. The van der Waals surface area contributed by atoms with E-state index in [2.05, 4.69) is 5.32 Å². The molecule has 0 aliphatic rings. The summed E-state index contributed by atoms with van der Waals surface area (Å²) in [6.07, 6.45) is 0. The van der Waals surface area contributed by atoms with Crippen LogP contribution in [0.2, 0.25) is 0 Å². The number of anilines is 1. The lowest BCUT2D eigenvalue weighted by Gasteiger charge is -2.13. The van der Waals surface area contributed by atoms with Crippen LogP contribution >= 0.6 is 11.3 Å². The fourth-order valence-corrected chi connectivity index (χ4v) is 3.98. The molecular formula is C21H15F2N3O3S. The first kappa shape index (κ1) is 19.7. The fourth-order valence-electron chi connectivity index (χ4n) is 3.16. The molecule has 0 aliphatic carbocycles. The molecular weight excluding hydrogens is 412 g/mol. The molecule has 9 heteroatoms. The topological polar surface area (TPSA) is 73.1 Å². The number of hydrogen-bond donors (Lipinski definition) is 1. The maximum atomic E-state index is 13.8. The number of nitrogens with zero attached hydrogens (tertiary/aromatic N) is 2. The fraction of sp³-hybridized carbons (Fsp3) is 0.0952. The predicted molar refractivity (Wildman–Crippen MR) is 111 cm³/mol. The first-order valence-electron chi connectivity index (χ1n) is 8.90. The van der Waals surface area contributed by atoms with Gasteiger partial charge in [0, 0.05) is 6.07 Å². The van der Waals surface area contributed by atoms with Gasteiger partial charge in [0.05, 0.1) is 16.9 Å². The van der Waals surface area contributed by atoms with Crippen molar-refractivity contribution in [2.45, 2.75) is 13.5 Å². The normalized spacial score (nSPS) is 11.0. The monoisotopic (exact) mass is 427 g/mol. The van der Waals surface area contributed by atoms with Crippen molar-refractivity contribution in [3.8, 4) is 5.69 Å². The largest absolute Gasteiger partial charge is 0.336 e. The lowest BCUT2D eigenvalue weighted by atomic mass is 10.2. The Hall–Kier alpha value is -3.59. The van der Waals surface area contributed by atoms with Gasteiger partial charge < -0.3 is 5.32 Å². The summed E-state index contributed by atoms with van der Waals surface area (Å²) in [5.41, 5.74) is 0.194. The number of nitrogens with one attached hydrogen (secondary N) is 1. The van der Waals surface area contributed by atoms with E-state index < -0.39 is 35.3 Å². The Bertz CT molecular complexity index is 1400. The number of carbonyl (C=O) groups is 1. The second-order valence-corrected chi connectivity index (χ2v) is 7.57. The third-order valence-electron chi connectivity index (χ3n) is 4.52. The van der Waals surface area contributed by atoms with Crippen LogP contribution in [-0.2, 0) is 11.3 Å². The van der Waals surface area contributed by atoms with Crippen LogP contribution in [0.5, 0.6) is 0 Å². The summed E-state index contributed by atoms with van der Waals surface area (Å²) in [5, 5.41) is 3.98. The van der Waals surface area contributed by atoms with Crippen molar-refractivity contribution in [2.24, 2.45) is 0 Å². The summed E-state index contributed by atoms with van der Waals surface area (Å²) in [5.74, 6) is -2.39. The van der Waals surface area contributed by atoms with E-state index in [4.69, 9.17) is 0 Å². The maximum absolute atomic E-state index is 13.8. The van der Waals surface area contributed by atoms with Gasteiger partial charge >= 0.3 is 5.69 Å². The van der Waals surface area contributed by atoms with Gasteiger partial charge in [-0.15, -0.1) is 11.3 Å². The molecule has 2 aromatic carbocycles. The Morgan fingerprint density at radius 3 is 2.63 bits per heavy atom. The molecule has 0 atom stereocenters. The molecule has 2 heterocycles. The lowest BCUT2D eigenvalue weighted by Crippen LogP contribution is -2.40. The smallest absolute Gasteiger partial charge is 0.322 e. The first-order chi connectivity index (χ1) is 14.3. The van der Waals surface area contributed by atoms with Crippen LogP contribution in [0.15, 0.2) is 63.5 Å². The molecule has 4 aromatic rings. The van der Waals surface area contributed by atoms with Crippen molar-refractivity contribution in [3.63, 3.8) is 0 Å². The first-order valence-corrected chi connectivity index (χ1v) is 9.78. The van der Waals surface area contributed by atoms with E-state index in [0.29, 0.717) is 22.0 Å². The van der Waals surface area contributed by atoms with Crippen LogP contribution in [0.1, 0.15) is 5.56 Å². The zero-order chi connectivity index (χ0) is 21.4. The number of fused-ring (bicyclic) bond motifs is 1. The van der Waals surface area contributed by atoms with Gasteiger partial charge in [0.25, 0.3) is 5.56 Å². The standard InChI is InChI=1S/C21H15F2N3O3S/c1-12-3-2-4-14(9-12)26-20(28)19-17(7-8-30-19)25(21(26)29)11-18(27)24-16-6-5-13(22)10-15(16)23/h2-10H,11H2,1H3,(H,24,27). The predicted octanol–water partition coefficient (Wildman–Crippen LogP) is 3.44. The summed E-state index contributed by atoms with van der Waals surface area (Å²) in [7, 11) is 0. The van der Waals surface area contributed by atoms with E-state index >= 15 is 0 Å². The molecule has 0 saturated carbocycles. The molecule has 2 aromatic heterocycles. The summed E-state index contributed by atoms with van der Waals surface area (Å²) < 4.78 is 29.4. The maximum Gasteiger partial charge on any atom is 0.336 e. The Balaban J connectivity index is 1.79. The zero-order valence-electron chi connectivity index (χ0n) is 15.7. The molecule has 4 rings (SSSR count). The molecule has 0 spiro atoms. The number of benzene rings is 2. The molecule has 1 N–H and O–H groups in total. The van der Waals surface area contributed by atoms with E-state index in [1.165, 1.54) is 0 Å². The minimum Gasteiger partial charge on any atom is -0.322 e. The number of thiophene rings is 1. The highest BCUT2D eigenvalue weighted by Crippen LogP contribution is 2.18. The van der Waals surface area contributed by atoms with E-state index in [-0.39, 0.29) is 5.69 Å². The molecule has 6 nitrogen and oxygen atoms in total. The van der Waals surface area contributed by atoms with Crippen LogP contribution in [0.25, 0.3) is 15.9 Å². The van der Waals surface area contributed by atoms with Crippen molar-refractivity contribution in [2.75, 3.05) is 5.32 Å². The third kappa shape index (κ3) is 3.55. The minimum absolute atomic E-state index is 0.206. The highest BCUT2D eigenvalue weighted by atomic mass is 32.1. The molecule has 0 bridgehead atoms.